The Morgan fingerprint density at radius 1 is 1.20 bits per heavy atom. The lowest BCUT2D eigenvalue weighted by Crippen LogP contribution is -2.41. The van der Waals surface area contributed by atoms with Gasteiger partial charge in [-0.3, -0.25) is 9.59 Å². The third kappa shape index (κ3) is 1.84. The van der Waals surface area contributed by atoms with Gasteiger partial charge in [0, 0.05) is 32.1 Å². The lowest BCUT2D eigenvalue weighted by atomic mass is 9.57. The molecule has 0 aromatic rings. The van der Waals surface area contributed by atoms with Crippen molar-refractivity contribution in [1.82, 2.24) is 0 Å². The Kier molecular flexibility index (Phi) is 2.65. The maximum Gasteiger partial charge on any atom is 0.133 e. The Morgan fingerprint density at radius 2 is 1.73 bits per heavy atom. The summed E-state index contributed by atoms with van der Waals surface area (Å²) in [6.45, 7) is 0. The summed E-state index contributed by atoms with van der Waals surface area (Å²) in [7, 11) is 0. The smallest absolute Gasteiger partial charge is 0.133 e. The molecule has 0 atom stereocenters. The molecule has 0 bridgehead atoms. The lowest BCUT2D eigenvalue weighted by Gasteiger charge is -2.45. The molecule has 0 saturated heterocycles. The average Bonchev–Trinajstić information content (AvgIpc) is 2.20. The van der Waals surface area contributed by atoms with Crippen LogP contribution in [-0.4, -0.2) is 11.6 Å². The number of fused-ring (bicyclic) bond motifs is 1. The molecule has 2 aliphatic carbocycles. The zero-order chi connectivity index (χ0) is 10.9. The molecule has 80 valence electrons. The minimum Gasteiger partial charge on any atom is -0.300 e. The van der Waals surface area contributed by atoms with E-state index < -0.39 is 0 Å². The maximum absolute atomic E-state index is 11.4. The first kappa shape index (κ1) is 10.4. The Balaban J connectivity index is 2.21. The van der Waals surface area contributed by atoms with E-state index in [0.717, 1.165) is 19.3 Å². The van der Waals surface area contributed by atoms with Gasteiger partial charge in [0.25, 0.3) is 0 Å². The van der Waals surface area contributed by atoms with Gasteiger partial charge in [-0.05, 0) is 24.2 Å². The first-order chi connectivity index (χ1) is 7.16. The van der Waals surface area contributed by atoms with Crippen LogP contribution in [0.15, 0.2) is 0 Å². The maximum atomic E-state index is 11.4. The molecule has 0 aliphatic heterocycles. The summed E-state index contributed by atoms with van der Waals surface area (Å²) in [5.41, 5.74) is 0.108. The molecule has 2 fully saturated rings. The van der Waals surface area contributed by atoms with E-state index in [1.54, 1.807) is 0 Å². The summed E-state index contributed by atoms with van der Waals surface area (Å²) in [6, 6.07) is 0. The molecular formula is C13H16O2. The van der Waals surface area contributed by atoms with Crippen LogP contribution in [0.5, 0.6) is 0 Å². The van der Waals surface area contributed by atoms with Crippen LogP contribution in [0.4, 0.5) is 0 Å². The van der Waals surface area contributed by atoms with Gasteiger partial charge in [-0.25, -0.2) is 0 Å². The monoisotopic (exact) mass is 204 g/mol. The molecular weight excluding hydrogens is 188 g/mol. The van der Waals surface area contributed by atoms with E-state index in [-0.39, 0.29) is 11.3 Å². The number of terminal acetylenes is 1. The number of ketones is 2. The standard InChI is InChI=1S/C13H16O2/c1-2-5-13-6-3-11(14)8-10(13)9-12(15)4-7-13/h1,10H,3-9H2. The first-order valence-corrected chi connectivity index (χ1v) is 5.63. The second-order valence-corrected chi connectivity index (χ2v) is 4.93. The number of carbonyl (C=O) groups excluding carboxylic acids is 2. The molecule has 2 rings (SSSR count). The Labute approximate surface area is 90.4 Å². The Hall–Kier alpha value is -1.10. The van der Waals surface area contributed by atoms with Gasteiger partial charge in [0.15, 0.2) is 0 Å². The zero-order valence-corrected chi connectivity index (χ0v) is 8.92. The van der Waals surface area contributed by atoms with E-state index in [0.29, 0.717) is 37.2 Å². The zero-order valence-electron chi connectivity index (χ0n) is 8.92. The van der Waals surface area contributed by atoms with Gasteiger partial charge in [-0.1, -0.05) is 0 Å². The van der Waals surface area contributed by atoms with E-state index in [1.807, 2.05) is 0 Å². The molecule has 0 radical (unpaired) electrons. The summed E-state index contributed by atoms with van der Waals surface area (Å²) >= 11 is 0. The minimum absolute atomic E-state index is 0.108. The molecule has 2 saturated carbocycles. The minimum atomic E-state index is 0.108. The average molecular weight is 204 g/mol. The van der Waals surface area contributed by atoms with Gasteiger partial charge in [0.2, 0.25) is 0 Å². The van der Waals surface area contributed by atoms with Crippen molar-refractivity contribution in [1.29, 1.82) is 0 Å². The van der Waals surface area contributed by atoms with Crippen LogP contribution < -0.4 is 0 Å². The summed E-state index contributed by atoms with van der Waals surface area (Å²) < 4.78 is 0. The Bertz CT molecular complexity index is 313. The van der Waals surface area contributed by atoms with E-state index >= 15 is 0 Å². The van der Waals surface area contributed by atoms with Crippen LogP contribution in [-0.2, 0) is 9.59 Å². The van der Waals surface area contributed by atoms with Crippen LogP contribution >= 0.6 is 0 Å². The van der Waals surface area contributed by atoms with Gasteiger partial charge >= 0.3 is 0 Å². The van der Waals surface area contributed by atoms with Gasteiger partial charge in [-0.2, -0.15) is 0 Å². The van der Waals surface area contributed by atoms with E-state index in [1.165, 1.54) is 0 Å². The number of carbonyl (C=O) groups is 2. The highest BCUT2D eigenvalue weighted by Crippen LogP contribution is 2.50. The van der Waals surface area contributed by atoms with Crippen molar-refractivity contribution in [3.05, 3.63) is 0 Å². The summed E-state index contributed by atoms with van der Waals surface area (Å²) in [4.78, 5) is 22.8. The normalized spacial score (nSPS) is 35.8. The molecule has 0 aromatic heterocycles. The van der Waals surface area contributed by atoms with Crippen LogP contribution in [0.3, 0.4) is 0 Å². The highest BCUT2D eigenvalue weighted by molar-refractivity contribution is 5.84. The van der Waals surface area contributed by atoms with Crippen LogP contribution in [0.1, 0.15) is 44.9 Å². The molecule has 0 aromatic carbocycles. The van der Waals surface area contributed by atoms with Crippen molar-refractivity contribution in [3.63, 3.8) is 0 Å². The predicted octanol–water partition coefficient (Wildman–Crippen LogP) is 2.12. The van der Waals surface area contributed by atoms with E-state index in [4.69, 9.17) is 6.42 Å². The molecule has 0 spiro atoms. The number of hydrogen-bond acceptors (Lipinski definition) is 2. The number of Topliss-reactive ketones (excluding diaryl/α,β-unsaturated/α-hetero) is 2. The highest BCUT2D eigenvalue weighted by atomic mass is 16.1. The van der Waals surface area contributed by atoms with E-state index in [2.05, 4.69) is 5.92 Å². The molecule has 2 aliphatic rings. The summed E-state index contributed by atoms with van der Waals surface area (Å²) in [5, 5.41) is 0. The second kappa shape index (κ2) is 3.81. The fraction of sp³-hybridized carbons (Fsp3) is 0.692. The molecule has 2 nitrogen and oxygen atoms in total. The van der Waals surface area contributed by atoms with Crippen molar-refractivity contribution < 1.29 is 9.59 Å². The van der Waals surface area contributed by atoms with E-state index in [9.17, 15) is 9.59 Å². The largest absolute Gasteiger partial charge is 0.300 e. The van der Waals surface area contributed by atoms with Crippen LogP contribution in [0, 0.1) is 23.7 Å². The van der Waals surface area contributed by atoms with Crippen LogP contribution in [0.2, 0.25) is 0 Å². The third-order valence-electron chi connectivity index (χ3n) is 4.07. The third-order valence-corrected chi connectivity index (χ3v) is 4.07. The van der Waals surface area contributed by atoms with Crippen molar-refractivity contribution in [2.45, 2.75) is 44.9 Å². The lowest BCUT2D eigenvalue weighted by molar-refractivity contribution is -0.132. The van der Waals surface area contributed by atoms with Crippen LogP contribution in [0.25, 0.3) is 0 Å². The molecule has 0 amide bonds. The van der Waals surface area contributed by atoms with Crippen molar-refractivity contribution in [2.24, 2.45) is 11.3 Å². The number of rotatable bonds is 1. The molecule has 0 heterocycles. The van der Waals surface area contributed by atoms with Gasteiger partial charge in [0.05, 0.1) is 0 Å². The fourth-order valence-corrected chi connectivity index (χ4v) is 3.09. The molecule has 2 heteroatoms. The van der Waals surface area contributed by atoms with Gasteiger partial charge in [-0.15, -0.1) is 12.3 Å². The predicted molar refractivity (Wildman–Crippen MR) is 57.1 cm³/mol. The highest BCUT2D eigenvalue weighted by Gasteiger charge is 2.45. The second-order valence-electron chi connectivity index (χ2n) is 4.93. The van der Waals surface area contributed by atoms with Gasteiger partial charge in [0.1, 0.15) is 11.6 Å². The first-order valence-electron chi connectivity index (χ1n) is 5.63. The van der Waals surface area contributed by atoms with Crippen molar-refractivity contribution in [2.75, 3.05) is 0 Å². The summed E-state index contributed by atoms with van der Waals surface area (Å²) in [6.07, 6.45) is 10.4. The Morgan fingerprint density at radius 3 is 2.20 bits per heavy atom. The molecule has 0 N–H and O–H groups in total. The van der Waals surface area contributed by atoms with Gasteiger partial charge < -0.3 is 0 Å². The topological polar surface area (TPSA) is 34.1 Å². The SMILES string of the molecule is C#CCC12CCC(=O)CC1CC(=O)CC2. The quantitative estimate of drug-likeness (QED) is 0.613. The molecule has 0 unspecified atom stereocenters. The molecule has 15 heavy (non-hydrogen) atoms. The van der Waals surface area contributed by atoms with Crippen molar-refractivity contribution >= 4 is 11.6 Å². The van der Waals surface area contributed by atoms with Crippen molar-refractivity contribution in [3.8, 4) is 12.3 Å². The fourth-order valence-electron chi connectivity index (χ4n) is 3.09. The number of hydrogen-bond donors (Lipinski definition) is 0. The summed E-state index contributed by atoms with van der Waals surface area (Å²) in [5.74, 6) is 3.58.